The van der Waals surface area contributed by atoms with Gasteiger partial charge in [-0.05, 0) is 43.1 Å². The smallest absolute Gasteiger partial charge is 0.238 e. The molecule has 1 saturated carbocycles. The van der Waals surface area contributed by atoms with Crippen molar-refractivity contribution in [3.8, 4) is 0 Å². The van der Waals surface area contributed by atoms with Crippen LogP contribution < -0.4 is 5.32 Å². The lowest BCUT2D eigenvalue weighted by Crippen LogP contribution is -2.54. The van der Waals surface area contributed by atoms with Gasteiger partial charge in [0.15, 0.2) is 0 Å². The largest absolute Gasteiger partial charge is 0.352 e. The highest BCUT2D eigenvalue weighted by atomic mass is 32.2. The molecule has 1 aliphatic carbocycles. The third-order valence-electron chi connectivity index (χ3n) is 6.69. The quantitative estimate of drug-likeness (QED) is 0.811. The van der Waals surface area contributed by atoms with E-state index in [4.69, 9.17) is 0 Å². The number of nitrogens with one attached hydrogen (secondary N) is 1. The van der Waals surface area contributed by atoms with Gasteiger partial charge in [-0.15, -0.1) is 0 Å². The molecule has 4 atom stereocenters. The van der Waals surface area contributed by atoms with E-state index in [0.29, 0.717) is 24.8 Å². The highest BCUT2D eigenvalue weighted by Gasteiger charge is 2.44. The Balaban J connectivity index is 1.37. The molecule has 0 spiro atoms. The maximum atomic E-state index is 12.9. The van der Waals surface area contributed by atoms with Crippen molar-refractivity contribution in [2.24, 2.45) is 11.8 Å². The first-order valence-electron chi connectivity index (χ1n) is 10.5. The summed E-state index contributed by atoms with van der Waals surface area (Å²) in [7, 11) is -3.35. The molecule has 2 saturated heterocycles. The molecule has 1 N–H and O–H groups in total. The van der Waals surface area contributed by atoms with E-state index in [9.17, 15) is 13.2 Å². The molecule has 2 heterocycles. The number of hydrogen-bond donors (Lipinski definition) is 1. The van der Waals surface area contributed by atoms with Crippen molar-refractivity contribution in [3.63, 3.8) is 0 Å². The molecular formula is C21H31N3O3S. The molecule has 28 heavy (non-hydrogen) atoms. The average Bonchev–Trinajstić information content (AvgIpc) is 3.23. The van der Waals surface area contributed by atoms with Crippen molar-refractivity contribution >= 4 is 15.9 Å². The molecule has 6 nitrogen and oxygen atoms in total. The SMILES string of the molecule is CS(=O)(=O)N1CCCCC1C(=O)N[C@@H]1CC[C@H]2CN(Cc3ccccc3)C[C@H]21. The fraction of sp³-hybridized carbons (Fsp3) is 0.667. The molecule has 1 aromatic carbocycles. The minimum absolute atomic E-state index is 0.0997. The number of piperidine rings is 1. The number of carbonyl (C=O) groups is 1. The van der Waals surface area contributed by atoms with E-state index in [1.54, 1.807) is 0 Å². The first-order chi connectivity index (χ1) is 13.4. The molecule has 1 aromatic rings. The third kappa shape index (κ3) is 4.26. The predicted molar refractivity (Wildman–Crippen MR) is 109 cm³/mol. The summed E-state index contributed by atoms with van der Waals surface area (Å²) in [5.41, 5.74) is 1.33. The van der Waals surface area contributed by atoms with Crippen molar-refractivity contribution in [3.05, 3.63) is 35.9 Å². The van der Waals surface area contributed by atoms with E-state index < -0.39 is 16.1 Å². The molecule has 0 bridgehead atoms. The summed E-state index contributed by atoms with van der Waals surface area (Å²) in [6, 6.07) is 10.1. The number of nitrogens with zero attached hydrogens (tertiary/aromatic N) is 2. The lowest BCUT2D eigenvalue weighted by Gasteiger charge is -2.34. The van der Waals surface area contributed by atoms with Crippen LogP contribution in [0.3, 0.4) is 0 Å². The van der Waals surface area contributed by atoms with Crippen molar-refractivity contribution in [2.45, 2.75) is 50.7 Å². The summed E-state index contributed by atoms with van der Waals surface area (Å²) in [6.07, 6.45) is 5.72. The Morgan fingerprint density at radius 3 is 2.64 bits per heavy atom. The van der Waals surface area contributed by atoms with Crippen molar-refractivity contribution < 1.29 is 13.2 Å². The average molecular weight is 406 g/mol. The van der Waals surface area contributed by atoms with Crippen LogP contribution in [0.5, 0.6) is 0 Å². The Morgan fingerprint density at radius 1 is 1.11 bits per heavy atom. The number of rotatable bonds is 5. The minimum atomic E-state index is -3.35. The number of sulfonamides is 1. The zero-order valence-corrected chi connectivity index (χ0v) is 17.4. The van der Waals surface area contributed by atoms with Gasteiger partial charge in [0.25, 0.3) is 0 Å². The Kier molecular flexibility index (Phi) is 5.76. The summed E-state index contributed by atoms with van der Waals surface area (Å²) in [5, 5.41) is 3.23. The predicted octanol–water partition coefficient (Wildman–Crippen LogP) is 1.83. The van der Waals surface area contributed by atoms with Crippen LogP contribution in [-0.2, 0) is 21.4 Å². The van der Waals surface area contributed by atoms with E-state index in [-0.39, 0.29) is 11.9 Å². The van der Waals surface area contributed by atoms with Crippen LogP contribution in [0.4, 0.5) is 0 Å². The molecule has 1 unspecified atom stereocenters. The maximum absolute atomic E-state index is 12.9. The van der Waals surface area contributed by atoms with E-state index in [2.05, 4.69) is 34.5 Å². The van der Waals surface area contributed by atoms with Gasteiger partial charge in [-0.2, -0.15) is 4.31 Å². The summed E-state index contributed by atoms with van der Waals surface area (Å²) < 4.78 is 25.6. The summed E-state index contributed by atoms with van der Waals surface area (Å²) in [4.78, 5) is 15.4. The topological polar surface area (TPSA) is 69.7 Å². The zero-order chi connectivity index (χ0) is 19.7. The number of likely N-dealkylation sites (tertiary alicyclic amines) is 1. The molecule has 1 amide bonds. The van der Waals surface area contributed by atoms with Crippen LogP contribution in [-0.4, -0.2) is 61.5 Å². The van der Waals surface area contributed by atoms with E-state index in [1.807, 2.05) is 6.07 Å². The van der Waals surface area contributed by atoms with Crippen LogP contribution in [0.15, 0.2) is 30.3 Å². The number of fused-ring (bicyclic) bond motifs is 1. The Labute approximate surface area is 168 Å². The Bertz CT molecular complexity index is 798. The first kappa shape index (κ1) is 19.9. The molecule has 2 aliphatic heterocycles. The summed E-state index contributed by atoms with van der Waals surface area (Å²) in [5.74, 6) is 1.01. The van der Waals surface area contributed by atoms with Gasteiger partial charge in [0.1, 0.15) is 6.04 Å². The van der Waals surface area contributed by atoms with E-state index in [0.717, 1.165) is 45.3 Å². The fourth-order valence-electron chi connectivity index (χ4n) is 5.35. The molecule has 0 radical (unpaired) electrons. The first-order valence-corrected chi connectivity index (χ1v) is 12.3. The van der Waals surface area contributed by atoms with Crippen molar-refractivity contribution in [1.82, 2.24) is 14.5 Å². The van der Waals surface area contributed by atoms with Gasteiger partial charge in [0.05, 0.1) is 6.26 Å². The second-order valence-electron chi connectivity index (χ2n) is 8.68. The van der Waals surface area contributed by atoms with Crippen LogP contribution in [0.25, 0.3) is 0 Å². The van der Waals surface area contributed by atoms with Gasteiger partial charge in [0, 0.05) is 32.2 Å². The van der Waals surface area contributed by atoms with E-state index in [1.165, 1.54) is 16.1 Å². The molecular weight excluding hydrogens is 374 g/mol. The molecule has 3 aliphatic rings. The summed E-state index contributed by atoms with van der Waals surface area (Å²) >= 11 is 0. The zero-order valence-electron chi connectivity index (χ0n) is 16.6. The highest BCUT2D eigenvalue weighted by molar-refractivity contribution is 7.88. The number of carbonyl (C=O) groups excluding carboxylic acids is 1. The second kappa shape index (κ2) is 8.13. The molecule has 0 aromatic heterocycles. The molecule has 7 heteroatoms. The van der Waals surface area contributed by atoms with Crippen molar-refractivity contribution in [1.29, 1.82) is 0 Å². The normalized spacial score (nSPS) is 31.6. The summed E-state index contributed by atoms with van der Waals surface area (Å²) in [6.45, 7) is 3.51. The highest BCUT2D eigenvalue weighted by Crippen LogP contribution is 2.39. The van der Waals surface area contributed by atoms with Crippen LogP contribution in [0, 0.1) is 11.8 Å². The lowest BCUT2D eigenvalue weighted by molar-refractivity contribution is -0.126. The van der Waals surface area contributed by atoms with Gasteiger partial charge in [-0.25, -0.2) is 8.42 Å². The number of benzene rings is 1. The third-order valence-corrected chi connectivity index (χ3v) is 7.98. The van der Waals surface area contributed by atoms with Gasteiger partial charge < -0.3 is 5.32 Å². The van der Waals surface area contributed by atoms with Crippen LogP contribution in [0.2, 0.25) is 0 Å². The standard InChI is InChI=1S/C21H31N3O3S/c1-28(26,27)24-12-6-5-9-20(24)21(25)22-19-11-10-17-14-23(15-18(17)19)13-16-7-3-2-4-8-16/h2-4,7-8,17-20H,5-6,9-15H2,1H3,(H,22,25)/t17-,18+,19+,20?/m0/s1. The number of amides is 1. The molecule has 154 valence electrons. The van der Waals surface area contributed by atoms with Crippen LogP contribution >= 0.6 is 0 Å². The maximum Gasteiger partial charge on any atom is 0.238 e. The monoisotopic (exact) mass is 405 g/mol. The fourth-order valence-corrected chi connectivity index (χ4v) is 6.47. The van der Waals surface area contributed by atoms with Gasteiger partial charge in [-0.3, -0.25) is 9.69 Å². The Morgan fingerprint density at radius 2 is 1.89 bits per heavy atom. The van der Waals surface area contributed by atoms with Gasteiger partial charge in [0.2, 0.25) is 15.9 Å². The van der Waals surface area contributed by atoms with E-state index >= 15 is 0 Å². The minimum Gasteiger partial charge on any atom is -0.352 e. The number of hydrogen-bond acceptors (Lipinski definition) is 4. The van der Waals surface area contributed by atoms with Crippen molar-refractivity contribution in [2.75, 3.05) is 25.9 Å². The van der Waals surface area contributed by atoms with Gasteiger partial charge >= 0.3 is 0 Å². The van der Waals surface area contributed by atoms with Crippen LogP contribution in [0.1, 0.15) is 37.7 Å². The lowest BCUT2D eigenvalue weighted by atomic mass is 9.97. The molecule has 3 fully saturated rings. The molecule has 4 rings (SSSR count). The van der Waals surface area contributed by atoms with Gasteiger partial charge in [-0.1, -0.05) is 36.8 Å². The second-order valence-corrected chi connectivity index (χ2v) is 10.6. The Hall–Kier alpha value is -1.44.